The summed E-state index contributed by atoms with van der Waals surface area (Å²) in [6, 6.07) is 0. The predicted molar refractivity (Wildman–Crippen MR) is 46.4 cm³/mol. The van der Waals surface area contributed by atoms with E-state index in [-0.39, 0.29) is 5.41 Å². The van der Waals surface area contributed by atoms with Crippen LogP contribution >= 0.6 is 0 Å². The van der Waals surface area contributed by atoms with Crippen molar-refractivity contribution in [2.45, 2.75) is 40.5 Å². The summed E-state index contributed by atoms with van der Waals surface area (Å²) in [5.74, 6) is 1.36. The van der Waals surface area contributed by atoms with Crippen molar-refractivity contribution in [1.29, 1.82) is 0 Å². The Kier molecular flexibility index (Phi) is 2.08. The molecule has 1 fully saturated rings. The quantitative estimate of drug-likeness (QED) is 0.610. The van der Waals surface area contributed by atoms with Gasteiger partial charge in [0.25, 0.3) is 0 Å². The maximum atomic E-state index is 11.7. The van der Waals surface area contributed by atoms with Gasteiger partial charge in [-0.15, -0.1) is 0 Å². The zero-order valence-corrected chi connectivity index (χ0v) is 7.98. The lowest BCUT2D eigenvalue weighted by Gasteiger charge is -2.27. The van der Waals surface area contributed by atoms with Crippen molar-refractivity contribution in [1.82, 2.24) is 0 Å². The second kappa shape index (κ2) is 2.62. The highest BCUT2D eigenvalue weighted by atomic mass is 16.1. The minimum absolute atomic E-state index is 0.0961. The summed E-state index contributed by atoms with van der Waals surface area (Å²) >= 11 is 0. The van der Waals surface area contributed by atoms with Crippen LogP contribution in [0.4, 0.5) is 0 Å². The molecule has 1 aliphatic rings. The third-order valence-corrected chi connectivity index (χ3v) is 3.03. The molecule has 11 heavy (non-hydrogen) atoms. The molecule has 0 unspecified atom stereocenters. The van der Waals surface area contributed by atoms with Crippen LogP contribution in [0.1, 0.15) is 40.5 Å². The van der Waals surface area contributed by atoms with Crippen LogP contribution in [0.5, 0.6) is 0 Å². The lowest BCUT2D eigenvalue weighted by atomic mass is 9.76. The van der Waals surface area contributed by atoms with Gasteiger partial charge in [0.1, 0.15) is 5.78 Å². The highest BCUT2D eigenvalue weighted by Gasteiger charge is 2.40. The normalized spacial score (nSPS) is 19.0. The van der Waals surface area contributed by atoms with Crippen molar-refractivity contribution in [3.63, 3.8) is 0 Å². The van der Waals surface area contributed by atoms with Crippen LogP contribution < -0.4 is 0 Å². The monoisotopic (exact) mass is 154 g/mol. The van der Waals surface area contributed by atoms with Crippen LogP contribution in [0, 0.1) is 17.3 Å². The molecule has 0 aromatic rings. The molecule has 1 aliphatic carbocycles. The van der Waals surface area contributed by atoms with Gasteiger partial charge < -0.3 is 0 Å². The molecule has 64 valence electrons. The van der Waals surface area contributed by atoms with E-state index in [0.29, 0.717) is 17.6 Å². The van der Waals surface area contributed by atoms with Crippen molar-refractivity contribution in [3.05, 3.63) is 0 Å². The molecule has 0 radical (unpaired) electrons. The van der Waals surface area contributed by atoms with Crippen LogP contribution in [-0.2, 0) is 4.79 Å². The summed E-state index contributed by atoms with van der Waals surface area (Å²) in [4.78, 5) is 11.7. The lowest BCUT2D eigenvalue weighted by molar-refractivity contribution is -0.130. The Hall–Kier alpha value is -0.330. The highest BCUT2D eigenvalue weighted by molar-refractivity contribution is 5.88. The van der Waals surface area contributed by atoms with Crippen molar-refractivity contribution in [2.24, 2.45) is 17.3 Å². The van der Waals surface area contributed by atoms with Crippen LogP contribution in [-0.4, -0.2) is 5.78 Å². The van der Waals surface area contributed by atoms with Gasteiger partial charge in [0.05, 0.1) is 0 Å². The zero-order valence-electron chi connectivity index (χ0n) is 7.98. The maximum Gasteiger partial charge on any atom is 0.141 e. The van der Waals surface area contributed by atoms with Gasteiger partial charge in [0, 0.05) is 11.3 Å². The summed E-state index contributed by atoms with van der Waals surface area (Å²) < 4.78 is 0. The van der Waals surface area contributed by atoms with Crippen LogP contribution in [0.3, 0.4) is 0 Å². The van der Waals surface area contributed by atoms with Gasteiger partial charge in [-0.25, -0.2) is 0 Å². The maximum absolute atomic E-state index is 11.7. The topological polar surface area (TPSA) is 17.1 Å². The van der Waals surface area contributed by atoms with E-state index >= 15 is 0 Å². The minimum atomic E-state index is -0.0961. The fraction of sp³-hybridized carbons (Fsp3) is 0.900. The van der Waals surface area contributed by atoms with Crippen molar-refractivity contribution >= 4 is 5.78 Å². The standard InChI is InChI=1S/C10H18O/c1-7(2)10(3,4)9(11)8-5-6-8/h7-8H,5-6H2,1-4H3. The molecule has 0 spiro atoms. The molecule has 0 N–H and O–H groups in total. The number of rotatable bonds is 3. The van der Waals surface area contributed by atoms with Gasteiger partial charge in [-0.05, 0) is 18.8 Å². The molecule has 0 heterocycles. The van der Waals surface area contributed by atoms with E-state index in [2.05, 4.69) is 27.7 Å². The molecule has 0 bridgehead atoms. The van der Waals surface area contributed by atoms with Crippen molar-refractivity contribution < 1.29 is 4.79 Å². The molecule has 1 nitrogen and oxygen atoms in total. The first-order valence-electron chi connectivity index (χ1n) is 4.50. The number of hydrogen-bond acceptors (Lipinski definition) is 1. The van der Waals surface area contributed by atoms with Gasteiger partial charge in [-0.2, -0.15) is 0 Å². The number of carbonyl (C=O) groups is 1. The molecule has 1 heteroatoms. The fourth-order valence-corrected chi connectivity index (χ4v) is 1.16. The van der Waals surface area contributed by atoms with E-state index in [1.807, 2.05) is 0 Å². The Morgan fingerprint density at radius 1 is 1.36 bits per heavy atom. The van der Waals surface area contributed by atoms with Gasteiger partial charge >= 0.3 is 0 Å². The first-order chi connectivity index (χ1) is 4.96. The molecule has 1 saturated carbocycles. The number of hydrogen-bond donors (Lipinski definition) is 0. The smallest absolute Gasteiger partial charge is 0.141 e. The number of carbonyl (C=O) groups excluding carboxylic acids is 1. The third kappa shape index (κ3) is 1.63. The molecule has 0 atom stereocenters. The van der Waals surface area contributed by atoms with E-state index < -0.39 is 0 Å². The molecular weight excluding hydrogens is 136 g/mol. The van der Waals surface area contributed by atoms with Gasteiger partial charge in [0.15, 0.2) is 0 Å². The summed E-state index contributed by atoms with van der Waals surface area (Å²) in [6.07, 6.45) is 2.27. The van der Waals surface area contributed by atoms with E-state index in [1.165, 1.54) is 0 Å². The SMILES string of the molecule is CC(C)C(C)(C)C(=O)C1CC1. The fourth-order valence-electron chi connectivity index (χ4n) is 1.16. The molecule has 0 saturated heterocycles. The van der Waals surface area contributed by atoms with Crippen molar-refractivity contribution in [2.75, 3.05) is 0 Å². The summed E-state index contributed by atoms with van der Waals surface area (Å²) in [6.45, 7) is 8.39. The van der Waals surface area contributed by atoms with E-state index in [4.69, 9.17) is 0 Å². The Labute approximate surface area is 69.2 Å². The van der Waals surface area contributed by atoms with Crippen LogP contribution in [0.2, 0.25) is 0 Å². The van der Waals surface area contributed by atoms with E-state index in [9.17, 15) is 4.79 Å². The molecule has 0 aromatic heterocycles. The first-order valence-corrected chi connectivity index (χ1v) is 4.50. The summed E-state index contributed by atoms with van der Waals surface area (Å²) in [5.41, 5.74) is -0.0961. The second-order valence-electron chi connectivity index (χ2n) is 4.51. The molecule has 0 aliphatic heterocycles. The lowest BCUT2D eigenvalue weighted by Crippen LogP contribution is -2.31. The van der Waals surface area contributed by atoms with E-state index in [0.717, 1.165) is 12.8 Å². The van der Waals surface area contributed by atoms with Gasteiger partial charge in [-0.3, -0.25) is 4.79 Å². The second-order valence-corrected chi connectivity index (χ2v) is 4.51. The third-order valence-electron chi connectivity index (χ3n) is 3.03. The van der Waals surface area contributed by atoms with E-state index in [1.54, 1.807) is 0 Å². The zero-order chi connectivity index (χ0) is 8.65. The highest BCUT2D eigenvalue weighted by Crippen LogP contribution is 2.40. The number of Topliss-reactive ketones (excluding diaryl/α,β-unsaturated/α-hetero) is 1. The Bertz CT molecular complexity index is 164. The van der Waals surface area contributed by atoms with Gasteiger partial charge in [-0.1, -0.05) is 27.7 Å². The first kappa shape index (κ1) is 8.76. The van der Waals surface area contributed by atoms with Crippen LogP contribution in [0.25, 0.3) is 0 Å². The van der Waals surface area contributed by atoms with Gasteiger partial charge in [0.2, 0.25) is 0 Å². The predicted octanol–water partition coefficient (Wildman–Crippen LogP) is 2.65. The number of ketones is 1. The molecule has 0 amide bonds. The Balaban J connectivity index is 2.62. The molecular formula is C10H18O. The van der Waals surface area contributed by atoms with Crippen molar-refractivity contribution in [3.8, 4) is 0 Å². The largest absolute Gasteiger partial charge is 0.299 e. The molecule has 1 rings (SSSR count). The average molecular weight is 154 g/mol. The minimum Gasteiger partial charge on any atom is -0.299 e. The molecule has 0 aromatic carbocycles. The summed E-state index contributed by atoms with van der Waals surface area (Å²) in [7, 11) is 0. The Morgan fingerprint density at radius 3 is 2.09 bits per heavy atom. The summed E-state index contributed by atoms with van der Waals surface area (Å²) in [5, 5.41) is 0. The van der Waals surface area contributed by atoms with Crippen LogP contribution in [0.15, 0.2) is 0 Å². The Morgan fingerprint density at radius 2 is 1.82 bits per heavy atom. The average Bonchev–Trinajstić information content (AvgIpc) is 2.66.